The van der Waals surface area contributed by atoms with E-state index in [2.05, 4.69) is 79.4 Å². The van der Waals surface area contributed by atoms with Crippen molar-refractivity contribution in [3.8, 4) is 0 Å². The summed E-state index contributed by atoms with van der Waals surface area (Å²) >= 11 is 8.91. The van der Waals surface area contributed by atoms with Gasteiger partial charge in [-0.05, 0) is 50.5 Å². The largest absolute Gasteiger partial charge is 0.306 e. The third-order valence-corrected chi connectivity index (χ3v) is 6.65. The quantitative estimate of drug-likeness (QED) is 0.595. The Morgan fingerprint density at radius 3 is 2.76 bits per heavy atom. The third-order valence-electron chi connectivity index (χ3n) is 3.33. The molecule has 0 amide bonds. The van der Waals surface area contributed by atoms with Crippen molar-refractivity contribution in [1.29, 1.82) is 0 Å². The minimum absolute atomic E-state index is 0.154. The number of para-hydroxylation sites is 1. The standard InChI is InChI=1S/C16H14Br2N2S/c1-2-19-15(13-9-12(17)16(18)21-13)11-7-3-5-10-6-4-8-20-14(10)11/h3-9,15,19H,2H2,1H3. The lowest BCUT2D eigenvalue weighted by Crippen LogP contribution is -2.21. The number of fused-ring (bicyclic) bond motifs is 1. The molecular formula is C16H14Br2N2S. The molecule has 0 fully saturated rings. The zero-order valence-corrected chi connectivity index (χ0v) is 15.4. The molecule has 21 heavy (non-hydrogen) atoms. The molecule has 0 aliphatic heterocycles. The summed E-state index contributed by atoms with van der Waals surface area (Å²) < 4.78 is 2.21. The predicted octanol–water partition coefficient (Wildman–Crippen LogP) is 5.52. The SMILES string of the molecule is CCNC(c1cc(Br)c(Br)s1)c1cccc2cccnc12. The molecule has 0 aliphatic rings. The van der Waals surface area contributed by atoms with E-state index in [9.17, 15) is 0 Å². The van der Waals surface area contributed by atoms with Crippen LogP contribution in [0.3, 0.4) is 0 Å². The van der Waals surface area contributed by atoms with Crippen molar-refractivity contribution in [3.05, 3.63) is 61.3 Å². The van der Waals surface area contributed by atoms with E-state index in [0.29, 0.717) is 0 Å². The van der Waals surface area contributed by atoms with E-state index in [1.165, 1.54) is 15.8 Å². The Bertz CT molecular complexity index is 745. The van der Waals surface area contributed by atoms with Crippen LogP contribution in [-0.2, 0) is 0 Å². The minimum Gasteiger partial charge on any atom is -0.306 e. The molecule has 2 aromatic heterocycles. The van der Waals surface area contributed by atoms with Crippen molar-refractivity contribution in [3.63, 3.8) is 0 Å². The Morgan fingerprint density at radius 1 is 1.24 bits per heavy atom. The zero-order valence-electron chi connectivity index (χ0n) is 11.4. The molecule has 1 unspecified atom stereocenters. The van der Waals surface area contributed by atoms with E-state index >= 15 is 0 Å². The highest BCUT2D eigenvalue weighted by molar-refractivity contribution is 9.13. The predicted molar refractivity (Wildman–Crippen MR) is 97.0 cm³/mol. The summed E-state index contributed by atoms with van der Waals surface area (Å²) in [5.74, 6) is 0. The van der Waals surface area contributed by atoms with E-state index < -0.39 is 0 Å². The van der Waals surface area contributed by atoms with Crippen molar-refractivity contribution in [2.75, 3.05) is 6.54 Å². The number of hydrogen-bond acceptors (Lipinski definition) is 3. The zero-order chi connectivity index (χ0) is 14.8. The summed E-state index contributed by atoms with van der Waals surface area (Å²) in [7, 11) is 0. The average molecular weight is 426 g/mol. The summed E-state index contributed by atoms with van der Waals surface area (Å²) in [6.45, 7) is 3.03. The summed E-state index contributed by atoms with van der Waals surface area (Å²) in [6.07, 6.45) is 1.86. The van der Waals surface area contributed by atoms with Crippen molar-refractivity contribution >= 4 is 54.1 Å². The van der Waals surface area contributed by atoms with Crippen molar-refractivity contribution in [2.24, 2.45) is 0 Å². The maximum Gasteiger partial charge on any atom is 0.0843 e. The fourth-order valence-corrected chi connectivity index (χ4v) is 4.62. The number of nitrogens with zero attached hydrogens (tertiary/aromatic N) is 1. The van der Waals surface area contributed by atoms with Gasteiger partial charge in [0.2, 0.25) is 0 Å². The highest BCUT2D eigenvalue weighted by Gasteiger charge is 2.19. The topological polar surface area (TPSA) is 24.9 Å². The van der Waals surface area contributed by atoms with Crippen LogP contribution < -0.4 is 5.32 Å². The van der Waals surface area contributed by atoms with Gasteiger partial charge in [0.05, 0.1) is 15.3 Å². The second-order valence-electron chi connectivity index (χ2n) is 4.68. The molecule has 0 bridgehead atoms. The maximum absolute atomic E-state index is 4.58. The fourth-order valence-electron chi connectivity index (χ4n) is 2.43. The van der Waals surface area contributed by atoms with E-state index in [-0.39, 0.29) is 6.04 Å². The number of pyridine rings is 1. The van der Waals surface area contributed by atoms with Crippen LogP contribution in [0.1, 0.15) is 23.4 Å². The van der Waals surface area contributed by atoms with Gasteiger partial charge in [-0.1, -0.05) is 31.2 Å². The molecule has 1 aromatic carbocycles. The van der Waals surface area contributed by atoms with Gasteiger partial charge in [0, 0.05) is 26.5 Å². The van der Waals surface area contributed by atoms with Gasteiger partial charge in [-0.2, -0.15) is 0 Å². The molecule has 3 aromatic rings. The van der Waals surface area contributed by atoms with Gasteiger partial charge in [0.25, 0.3) is 0 Å². The van der Waals surface area contributed by atoms with Gasteiger partial charge in [0.15, 0.2) is 0 Å². The van der Waals surface area contributed by atoms with E-state index in [4.69, 9.17) is 0 Å². The van der Waals surface area contributed by atoms with E-state index in [1.807, 2.05) is 12.3 Å². The molecule has 108 valence electrons. The van der Waals surface area contributed by atoms with Crippen molar-refractivity contribution in [2.45, 2.75) is 13.0 Å². The average Bonchev–Trinajstić information content (AvgIpc) is 2.84. The van der Waals surface area contributed by atoms with Crippen LogP contribution in [0.5, 0.6) is 0 Å². The molecule has 1 atom stereocenters. The number of aromatic nitrogens is 1. The number of benzene rings is 1. The van der Waals surface area contributed by atoms with Gasteiger partial charge in [-0.25, -0.2) is 0 Å². The number of nitrogens with one attached hydrogen (secondary N) is 1. The second-order valence-corrected chi connectivity index (χ2v) is 7.94. The highest BCUT2D eigenvalue weighted by atomic mass is 79.9. The molecular weight excluding hydrogens is 412 g/mol. The van der Waals surface area contributed by atoms with Crippen LogP contribution in [0.4, 0.5) is 0 Å². The van der Waals surface area contributed by atoms with Gasteiger partial charge in [-0.3, -0.25) is 4.98 Å². The molecule has 1 N–H and O–H groups in total. The molecule has 2 nitrogen and oxygen atoms in total. The number of hydrogen-bond donors (Lipinski definition) is 1. The molecule has 0 saturated heterocycles. The molecule has 0 saturated carbocycles. The third kappa shape index (κ3) is 3.06. The fraction of sp³-hybridized carbons (Fsp3) is 0.188. The number of halogens is 2. The van der Waals surface area contributed by atoms with Gasteiger partial charge >= 0.3 is 0 Å². The first-order chi connectivity index (χ1) is 10.2. The second kappa shape index (κ2) is 6.57. The van der Waals surface area contributed by atoms with Gasteiger partial charge < -0.3 is 5.32 Å². The Labute approximate surface area is 144 Å². The highest BCUT2D eigenvalue weighted by Crippen LogP contribution is 2.38. The van der Waals surface area contributed by atoms with Crippen LogP contribution in [-0.4, -0.2) is 11.5 Å². The van der Waals surface area contributed by atoms with E-state index in [0.717, 1.165) is 20.3 Å². The molecule has 3 rings (SSSR count). The lowest BCUT2D eigenvalue weighted by atomic mass is 10.0. The minimum atomic E-state index is 0.154. The lowest BCUT2D eigenvalue weighted by Gasteiger charge is -2.18. The molecule has 2 heterocycles. The summed E-state index contributed by atoms with van der Waals surface area (Å²) in [6, 6.07) is 12.8. The number of rotatable bonds is 4. The first-order valence-electron chi connectivity index (χ1n) is 6.72. The molecule has 5 heteroatoms. The smallest absolute Gasteiger partial charge is 0.0843 e. The van der Waals surface area contributed by atoms with Gasteiger partial charge in [0.1, 0.15) is 0 Å². The Hall–Kier alpha value is -0.750. The normalized spacial score (nSPS) is 12.7. The van der Waals surface area contributed by atoms with Crippen molar-refractivity contribution < 1.29 is 0 Å². The number of thiophene rings is 1. The Morgan fingerprint density at radius 2 is 2.05 bits per heavy atom. The van der Waals surface area contributed by atoms with Crippen LogP contribution >= 0.6 is 43.2 Å². The molecule has 0 aliphatic carbocycles. The Kier molecular flexibility index (Phi) is 4.74. The summed E-state index contributed by atoms with van der Waals surface area (Å²) in [5.41, 5.74) is 2.28. The lowest BCUT2D eigenvalue weighted by molar-refractivity contribution is 0.642. The molecule has 0 spiro atoms. The van der Waals surface area contributed by atoms with Crippen LogP contribution in [0.15, 0.2) is 50.9 Å². The van der Waals surface area contributed by atoms with E-state index in [1.54, 1.807) is 11.3 Å². The summed E-state index contributed by atoms with van der Waals surface area (Å²) in [4.78, 5) is 5.85. The first-order valence-corrected chi connectivity index (χ1v) is 9.12. The van der Waals surface area contributed by atoms with Crippen LogP contribution in [0.2, 0.25) is 0 Å². The monoisotopic (exact) mass is 424 g/mol. The maximum atomic E-state index is 4.58. The summed E-state index contributed by atoms with van der Waals surface area (Å²) in [5, 5.41) is 4.75. The van der Waals surface area contributed by atoms with Crippen LogP contribution in [0, 0.1) is 0 Å². The van der Waals surface area contributed by atoms with Crippen LogP contribution in [0.25, 0.3) is 10.9 Å². The first kappa shape index (κ1) is 15.2. The van der Waals surface area contributed by atoms with Gasteiger partial charge in [-0.15, -0.1) is 11.3 Å². The van der Waals surface area contributed by atoms with Crippen molar-refractivity contribution in [1.82, 2.24) is 10.3 Å². The Balaban J connectivity index is 2.15. The molecule has 0 radical (unpaired) electrons.